The number of ether oxygens (including phenoxy) is 3. The molecule has 1 heterocycles. The van der Waals surface area contributed by atoms with Gasteiger partial charge in [0.2, 0.25) is 6.29 Å². The van der Waals surface area contributed by atoms with E-state index in [1.54, 1.807) is 12.1 Å². The van der Waals surface area contributed by atoms with Gasteiger partial charge in [0.15, 0.2) is 5.76 Å². The van der Waals surface area contributed by atoms with E-state index in [0.717, 1.165) is 0 Å². The lowest BCUT2D eigenvalue weighted by atomic mass is 10.4. The maximum atomic E-state index is 10.6. The molecule has 0 unspecified atom stereocenters. The lowest BCUT2D eigenvalue weighted by Crippen LogP contribution is -2.02. The SMILES string of the molecule is COC(OC)c1ccc(COC(C)=O)o1. The van der Waals surface area contributed by atoms with Crippen molar-refractivity contribution in [3.63, 3.8) is 0 Å². The van der Waals surface area contributed by atoms with Gasteiger partial charge in [-0.25, -0.2) is 0 Å². The Labute approximate surface area is 87.9 Å². The van der Waals surface area contributed by atoms with Gasteiger partial charge in [-0.2, -0.15) is 0 Å². The number of esters is 1. The number of rotatable bonds is 5. The fraction of sp³-hybridized carbons (Fsp3) is 0.500. The number of carbonyl (C=O) groups excluding carboxylic acids is 1. The van der Waals surface area contributed by atoms with Crippen molar-refractivity contribution in [1.29, 1.82) is 0 Å². The highest BCUT2D eigenvalue weighted by Crippen LogP contribution is 2.20. The van der Waals surface area contributed by atoms with E-state index in [1.165, 1.54) is 21.1 Å². The molecular weight excluding hydrogens is 200 g/mol. The Balaban J connectivity index is 2.59. The van der Waals surface area contributed by atoms with E-state index in [1.807, 2.05) is 0 Å². The summed E-state index contributed by atoms with van der Waals surface area (Å²) in [6.45, 7) is 1.46. The van der Waals surface area contributed by atoms with Crippen molar-refractivity contribution in [2.45, 2.75) is 19.8 Å². The van der Waals surface area contributed by atoms with Gasteiger partial charge in [-0.05, 0) is 12.1 Å². The number of hydrogen-bond donors (Lipinski definition) is 0. The molecule has 5 heteroatoms. The Bertz CT molecular complexity index is 313. The quantitative estimate of drug-likeness (QED) is 0.550. The van der Waals surface area contributed by atoms with E-state index < -0.39 is 6.29 Å². The average Bonchev–Trinajstić information content (AvgIpc) is 2.65. The molecule has 1 rings (SSSR count). The highest BCUT2D eigenvalue weighted by atomic mass is 16.7. The first-order chi connectivity index (χ1) is 7.17. The number of carbonyl (C=O) groups is 1. The Morgan fingerprint density at radius 2 is 2.07 bits per heavy atom. The Morgan fingerprint density at radius 3 is 2.60 bits per heavy atom. The summed E-state index contributed by atoms with van der Waals surface area (Å²) in [6, 6.07) is 3.43. The van der Waals surface area contributed by atoms with Gasteiger partial charge in [0, 0.05) is 21.1 Å². The van der Waals surface area contributed by atoms with Crippen LogP contribution in [-0.4, -0.2) is 20.2 Å². The molecule has 15 heavy (non-hydrogen) atoms. The third-order valence-corrected chi connectivity index (χ3v) is 1.76. The number of methoxy groups -OCH3 is 2. The van der Waals surface area contributed by atoms with Gasteiger partial charge in [-0.1, -0.05) is 0 Å². The van der Waals surface area contributed by atoms with Crippen LogP contribution in [0.2, 0.25) is 0 Å². The third kappa shape index (κ3) is 3.38. The van der Waals surface area contributed by atoms with E-state index in [9.17, 15) is 4.79 Å². The van der Waals surface area contributed by atoms with Crippen molar-refractivity contribution < 1.29 is 23.4 Å². The van der Waals surface area contributed by atoms with E-state index >= 15 is 0 Å². The van der Waals surface area contributed by atoms with Crippen LogP contribution in [0.1, 0.15) is 24.7 Å². The topological polar surface area (TPSA) is 57.9 Å². The summed E-state index contributed by atoms with van der Waals surface area (Å²) >= 11 is 0. The zero-order chi connectivity index (χ0) is 11.3. The Kier molecular flexibility index (Phi) is 4.33. The van der Waals surface area contributed by atoms with Gasteiger partial charge in [-0.15, -0.1) is 0 Å². The molecule has 0 spiro atoms. The highest BCUT2D eigenvalue weighted by Gasteiger charge is 2.13. The fourth-order valence-electron chi connectivity index (χ4n) is 1.10. The Morgan fingerprint density at radius 1 is 1.40 bits per heavy atom. The summed E-state index contributed by atoms with van der Waals surface area (Å²) in [6.07, 6.45) is -0.531. The summed E-state index contributed by atoms with van der Waals surface area (Å²) in [7, 11) is 3.03. The van der Waals surface area contributed by atoms with Crippen molar-refractivity contribution in [3.05, 3.63) is 23.7 Å². The molecule has 0 radical (unpaired) electrons. The van der Waals surface area contributed by atoms with Gasteiger partial charge in [0.25, 0.3) is 0 Å². The predicted octanol–water partition coefficient (Wildman–Crippen LogP) is 1.63. The monoisotopic (exact) mass is 214 g/mol. The van der Waals surface area contributed by atoms with Crippen molar-refractivity contribution in [2.24, 2.45) is 0 Å². The molecule has 0 atom stereocenters. The second-order valence-electron chi connectivity index (χ2n) is 2.89. The van der Waals surface area contributed by atoms with Crippen LogP contribution >= 0.6 is 0 Å². The maximum Gasteiger partial charge on any atom is 0.303 e. The molecule has 0 saturated heterocycles. The molecule has 0 aromatic carbocycles. The third-order valence-electron chi connectivity index (χ3n) is 1.76. The molecule has 1 aromatic rings. The van der Waals surface area contributed by atoms with Gasteiger partial charge in [0.1, 0.15) is 12.4 Å². The van der Waals surface area contributed by atoms with Crippen molar-refractivity contribution >= 4 is 5.97 Å². The summed E-state index contributed by atoms with van der Waals surface area (Å²) in [5, 5.41) is 0. The Hall–Kier alpha value is -1.33. The largest absolute Gasteiger partial charge is 0.458 e. The molecule has 0 fully saturated rings. The van der Waals surface area contributed by atoms with Crippen LogP contribution in [-0.2, 0) is 25.6 Å². The van der Waals surface area contributed by atoms with Crippen LogP contribution < -0.4 is 0 Å². The molecule has 1 aromatic heterocycles. The zero-order valence-corrected chi connectivity index (χ0v) is 8.98. The molecule has 0 aliphatic heterocycles. The minimum Gasteiger partial charge on any atom is -0.458 e. The number of furan rings is 1. The zero-order valence-electron chi connectivity index (χ0n) is 8.98. The molecule has 0 N–H and O–H groups in total. The van der Waals surface area contributed by atoms with Crippen molar-refractivity contribution in [2.75, 3.05) is 14.2 Å². The highest BCUT2D eigenvalue weighted by molar-refractivity contribution is 5.65. The average molecular weight is 214 g/mol. The fourth-order valence-corrected chi connectivity index (χ4v) is 1.10. The molecule has 0 aliphatic rings. The van der Waals surface area contributed by atoms with Crippen molar-refractivity contribution in [3.8, 4) is 0 Å². The molecular formula is C10H14O5. The van der Waals surface area contributed by atoms with Gasteiger partial charge < -0.3 is 18.6 Å². The second kappa shape index (κ2) is 5.53. The first kappa shape index (κ1) is 11.7. The number of hydrogen-bond acceptors (Lipinski definition) is 5. The molecule has 5 nitrogen and oxygen atoms in total. The van der Waals surface area contributed by atoms with Crippen LogP contribution in [0.15, 0.2) is 16.5 Å². The lowest BCUT2D eigenvalue weighted by molar-refractivity contribution is -0.143. The van der Waals surface area contributed by atoms with Gasteiger partial charge in [0.05, 0.1) is 0 Å². The smallest absolute Gasteiger partial charge is 0.303 e. The van der Waals surface area contributed by atoms with Crippen LogP contribution in [0.4, 0.5) is 0 Å². The van der Waals surface area contributed by atoms with Crippen LogP contribution in [0.3, 0.4) is 0 Å². The lowest BCUT2D eigenvalue weighted by Gasteiger charge is -2.09. The van der Waals surface area contributed by atoms with Crippen LogP contribution in [0, 0.1) is 0 Å². The van der Waals surface area contributed by atoms with Crippen LogP contribution in [0.5, 0.6) is 0 Å². The van der Waals surface area contributed by atoms with E-state index in [-0.39, 0.29) is 12.6 Å². The standard InChI is InChI=1S/C10H14O5/c1-7(11)14-6-8-4-5-9(15-8)10(12-2)13-3/h4-5,10H,6H2,1-3H3. The molecule has 0 amide bonds. The second-order valence-corrected chi connectivity index (χ2v) is 2.89. The minimum absolute atomic E-state index is 0.121. The summed E-state index contributed by atoms with van der Waals surface area (Å²) in [5.74, 6) is 0.754. The van der Waals surface area contributed by atoms with Crippen molar-refractivity contribution in [1.82, 2.24) is 0 Å². The molecule has 84 valence electrons. The van der Waals surface area contributed by atoms with E-state index in [4.69, 9.17) is 18.6 Å². The van der Waals surface area contributed by atoms with E-state index in [2.05, 4.69) is 0 Å². The summed E-state index contributed by atoms with van der Waals surface area (Å²) in [4.78, 5) is 10.6. The molecule has 0 aliphatic carbocycles. The van der Waals surface area contributed by atoms with E-state index in [0.29, 0.717) is 11.5 Å². The molecule has 0 saturated carbocycles. The first-order valence-corrected chi connectivity index (χ1v) is 4.45. The maximum absolute atomic E-state index is 10.6. The summed E-state index contributed by atoms with van der Waals surface area (Å²) < 4.78 is 20.1. The van der Waals surface area contributed by atoms with Gasteiger partial charge >= 0.3 is 5.97 Å². The predicted molar refractivity (Wildman–Crippen MR) is 50.9 cm³/mol. The normalized spacial score (nSPS) is 10.7. The molecule has 0 bridgehead atoms. The van der Waals surface area contributed by atoms with Gasteiger partial charge in [-0.3, -0.25) is 4.79 Å². The minimum atomic E-state index is -0.531. The van der Waals surface area contributed by atoms with Crippen LogP contribution in [0.25, 0.3) is 0 Å². The summed E-state index contributed by atoms with van der Waals surface area (Å²) in [5.41, 5.74) is 0. The first-order valence-electron chi connectivity index (χ1n) is 4.45.